The Hall–Kier alpha value is -3.35. The van der Waals surface area contributed by atoms with Gasteiger partial charge in [0, 0.05) is 18.2 Å². The van der Waals surface area contributed by atoms with Crippen LogP contribution in [0.5, 0.6) is 11.5 Å². The molecule has 0 aliphatic rings. The second-order valence-corrected chi connectivity index (χ2v) is 6.03. The molecule has 0 saturated carbocycles. The largest absolute Gasteiger partial charge is 0.493 e. The van der Waals surface area contributed by atoms with E-state index in [9.17, 15) is 9.59 Å². The van der Waals surface area contributed by atoms with Gasteiger partial charge in [0.05, 0.1) is 19.4 Å². The van der Waals surface area contributed by atoms with E-state index in [-0.39, 0.29) is 17.9 Å². The molecular weight excluding hydrogens is 346 g/mol. The van der Waals surface area contributed by atoms with Gasteiger partial charge in [-0.3, -0.25) is 9.59 Å². The Morgan fingerprint density at radius 3 is 2.37 bits per heavy atom. The summed E-state index contributed by atoms with van der Waals surface area (Å²) in [7, 11) is 1.52. The van der Waals surface area contributed by atoms with Crippen LogP contribution >= 0.6 is 0 Å². The number of carbonyl (C=O) groups excluding carboxylic acids is 2. The van der Waals surface area contributed by atoms with E-state index in [1.165, 1.54) is 20.2 Å². The molecule has 2 aromatic rings. The number of hydrogen-bond donors (Lipinski definition) is 2. The molecule has 2 N–H and O–H groups in total. The summed E-state index contributed by atoms with van der Waals surface area (Å²) in [6, 6.07) is 12.0. The van der Waals surface area contributed by atoms with Crippen LogP contribution in [0.3, 0.4) is 0 Å². The monoisotopic (exact) mass is 369 g/mol. The van der Waals surface area contributed by atoms with Crippen LogP contribution in [0, 0.1) is 0 Å². The molecule has 0 spiro atoms. The lowest BCUT2D eigenvalue weighted by molar-refractivity contribution is -0.114. The molecule has 0 radical (unpaired) electrons. The lowest BCUT2D eigenvalue weighted by Crippen LogP contribution is -2.18. The fourth-order valence-corrected chi connectivity index (χ4v) is 2.25. The zero-order chi connectivity index (χ0) is 19.8. The minimum Gasteiger partial charge on any atom is -0.493 e. The van der Waals surface area contributed by atoms with Gasteiger partial charge in [-0.25, -0.2) is 5.43 Å². The third-order valence-corrected chi connectivity index (χ3v) is 3.40. The number of benzene rings is 2. The van der Waals surface area contributed by atoms with Gasteiger partial charge in [0.1, 0.15) is 0 Å². The van der Waals surface area contributed by atoms with Gasteiger partial charge >= 0.3 is 0 Å². The molecule has 7 nitrogen and oxygen atoms in total. The van der Waals surface area contributed by atoms with Gasteiger partial charge in [0.15, 0.2) is 11.5 Å². The Labute approximate surface area is 158 Å². The number of rotatable bonds is 7. The van der Waals surface area contributed by atoms with Crippen LogP contribution in [-0.2, 0) is 4.79 Å². The van der Waals surface area contributed by atoms with Gasteiger partial charge in [-0.1, -0.05) is 12.1 Å². The summed E-state index contributed by atoms with van der Waals surface area (Å²) in [6.07, 6.45) is 1.52. The fraction of sp³-hybridized carbons (Fsp3) is 0.250. The molecule has 2 aromatic carbocycles. The first-order valence-electron chi connectivity index (χ1n) is 8.45. The Morgan fingerprint density at radius 2 is 1.78 bits per heavy atom. The highest BCUT2D eigenvalue weighted by atomic mass is 16.5. The van der Waals surface area contributed by atoms with E-state index < -0.39 is 0 Å². The van der Waals surface area contributed by atoms with Crippen LogP contribution in [0.2, 0.25) is 0 Å². The Kier molecular flexibility index (Phi) is 6.93. The van der Waals surface area contributed by atoms with Gasteiger partial charge in [-0.15, -0.1) is 0 Å². The second kappa shape index (κ2) is 9.38. The third-order valence-electron chi connectivity index (χ3n) is 3.40. The van der Waals surface area contributed by atoms with Crippen molar-refractivity contribution in [1.82, 2.24) is 5.43 Å². The minimum absolute atomic E-state index is 0.000196. The van der Waals surface area contributed by atoms with Crippen LogP contribution in [0.1, 0.15) is 36.7 Å². The molecule has 27 heavy (non-hydrogen) atoms. The lowest BCUT2D eigenvalue weighted by Gasteiger charge is -2.14. The zero-order valence-electron chi connectivity index (χ0n) is 15.8. The van der Waals surface area contributed by atoms with E-state index in [1.807, 2.05) is 13.8 Å². The third kappa shape index (κ3) is 6.14. The van der Waals surface area contributed by atoms with Crippen molar-refractivity contribution in [2.24, 2.45) is 5.10 Å². The first kappa shape index (κ1) is 20.0. The minimum atomic E-state index is -0.365. The molecule has 142 valence electrons. The SMILES string of the molecule is COc1cc(C(=O)N/N=C\c2ccc(NC(C)=O)cc2)ccc1OC(C)C. The lowest BCUT2D eigenvalue weighted by atomic mass is 10.2. The second-order valence-electron chi connectivity index (χ2n) is 6.03. The number of methoxy groups -OCH3 is 1. The predicted octanol–water partition coefficient (Wildman–Crippen LogP) is 3.20. The van der Waals surface area contributed by atoms with Crippen LogP contribution in [0.4, 0.5) is 5.69 Å². The quantitative estimate of drug-likeness (QED) is 0.579. The molecule has 2 amide bonds. The van der Waals surface area contributed by atoms with E-state index in [4.69, 9.17) is 9.47 Å². The summed E-state index contributed by atoms with van der Waals surface area (Å²) in [4.78, 5) is 23.2. The average Bonchev–Trinajstić information content (AvgIpc) is 2.62. The van der Waals surface area contributed by atoms with Crippen LogP contribution < -0.4 is 20.2 Å². The molecular formula is C20H23N3O4. The van der Waals surface area contributed by atoms with E-state index in [2.05, 4.69) is 15.8 Å². The number of ether oxygens (including phenoxy) is 2. The van der Waals surface area contributed by atoms with Crippen molar-refractivity contribution in [3.05, 3.63) is 53.6 Å². The molecule has 0 saturated heterocycles. The van der Waals surface area contributed by atoms with Gasteiger partial charge in [-0.2, -0.15) is 5.10 Å². The highest BCUT2D eigenvalue weighted by molar-refractivity contribution is 5.95. The van der Waals surface area contributed by atoms with Crippen molar-refractivity contribution in [3.63, 3.8) is 0 Å². The summed E-state index contributed by atoms with van der Waals surface area (Å²) >= 11 is 0. The van der Waals surface area contributed by atoms with Crippen molar-refractivity contribution in [2.45, 2.75) is 26.9 Å². The summed E-state index contributed by atoms with van der Waals surface area (Å²) in [5.74, 6) is 0.556. The maximum atomic E-state index is 12.2. The van der Waals surface area contributed by atoms with Gasteiger partial charge in [0.25, 0.3) is 5.91 Å². The highest BCUT2D eigenvalue weighted by Gasteiger charge is 2.11. The van der Waals surface area contributed by atoms with Crippen molar-refractivity contribution in [3.8, 4) is 11.5 Å². The Bertz CT molecular complexity index is 830. The predicted molar refractivity (Wildman–Crippen MR) is 105 cm³/mol. The number of nitrogens with zero attached hydrogens (tertiary/aromatic N) is 1. The molecule has 0 bridgehead atoms. The maximum Gasteiger partial charge on any atom is 0.271 e. The number of nitrogens with one attached hydrogen (secondary N) is 2. The van der Waals surface area contributed by atoms with Crippen molar-refractivity contribution < 1.29 is 19.1 Å². The molecule has 0 aliphatic carbocycles. The smallest absolute Gasteiger partial charge is 0.271 e. The first-order chi connectivity index (χ1) is 12.9. The number of amides is 2. The van der Waals surface area contributed by atoms with Gasteiger partial charge < -0.3 is 14.8 Å². The van der Waals surface area contributed by atoms with E-state index in [1.54, 1.807) is 42.5 Å². The number of carbonyl (C=O) groups is 2. The molecule has 7 heteroatoms. The highest BCUT2D eigenvalue weighted by Crippen LogP contribution is 2.28. The molecule has 0 atom stereocenters. The van der Waals surface area contributed by atoms with Crippen molar-refractivity contribution in [1.29, 1.82) is 0 Å². The van der Waals surface area contributed by atoms with Gasteiger partial charge in [0.2, 0.25) is 5.91 Å². The maximum absolute atomic E-state index is 12.2. The molecule has 0 aliphatic heterocycles. The molecule has 0 heterocycles. The van der Waals surface area contributed by atoms with Crippen LogP contribution in [-0.4, -0.2) is 31.2 Å². The molecule has 0 unspecified atom stereocenters. The topological polar surface area (TPSA) is 89.0 Å². The van der Waals surface area contributed by atoms with Crippen LogP contribution in [0.15, 0.2) is 47.6 Å². The number of hydrazone groups is 1. The van der Waals surface area contributed by atoms with E-state index >= 15 is 0 Å². The summed E-state index contributed by atoms with van der Waals surface area (Å²) < 4.78 is 10.9. The standard InChI is InChI=1S/C20H23N3O4/c1-13(2)27-18-10-7-16(11-19(18)26-4)20(25)23-21-12-15-5-8-17(9-6-15)22-14(3)24/h5-13H,1-4H3,(H,22,24)(H,23,25)/b21-12-. The van der Waals surface area contributed by atoms with E-state index in [0.717, 1.165) is 5.56 Å². The number of anilines is 1. The molecule has 0 fully saturated rings. The fourth-order valence-electron chi connectivity index (χ4n) is 2.25. The molecule has 2 rings (SSSR count). The Morgan fingerprint density at radius 1 is 1.07 bits per heavy atom. The van der Waals surface area contributed by atoms with E-state index in [0.29, 0.717) is 22.7 Å². The summed E-state index contributed by atoms with van der Waals surface area (Å²) in [5.41, 5.74) is 4.35. The first-order valence-corrected chi connectivity index (χ1v) is 8.45. The average molecular weight is 369 g/mol. The Balaban J connectivity index is 2.00. The molecule has 0 aromatic heterocycles. The van der Waals surface area contributed by atoms with Crippen molar-refractivity contribution >= 4 is 23.7 Å². The number of hydrogen-bond acceptors (Lipinski definition) is 5. The van der Waals surface area contributed by atoms with Crippen LogP contribution in [0.25, 0.3) is 0 Å². The van der Waals surface area contributed by atoms with Crippen molar-refractivity contribution in [2.75, 3.05) is 12.4 Å². The zero-order valence-corrected chi connectivity index (χ0v) is 15.8. The normalized spacial score (nSPS) is 10.7. The summed E-state index contributed by atoms with van der Waals surface area (Å²) in [5, 5.41) is 6.63. The summed E-state index contributed by atoms with van der Waals surface area (Å²) in [6.45, 7) is 5.27. The van der Waals surface area contributed by atoms with Gasteiger partial charge in [-0.05, 0) is 49.7 Å².